The maximum atomic E-state index is 12.1. The summed E-state index contributed by atoms with van der Waals surface area (Å²) in [4.78, 5) is 23.9. The first kappa shape index (κ1) is 19.2. The first-order valence-corrected chi connectivity index (χ1v) is 8.50. The van der Waals surface area contributed by atoms with E-state index in [1.807, 2.05) is 0 Å². The molecule has 0 aliphatic heterocycles. The number of hydrogen-bond acceptors (Lipinski definition) is 4. The number of methoxy groups -OCH3 is 1. The maximum absolute atomic E-state index is 12.1. The number of carbonyl (C=O) groups excluding carboxylic acids is 2. The van der Waals surface area contributed by atoms with Crippen molar-refractivity contribution in [1.29, 1.82) is 0 Å². The smallest absolute Gasteiger partial charge is 0.173 e. The molecule has 0 fully saturated rings. The van der Waals surface area contributed by atoms with Crippen LogP contribution >= 0.6 is 0 Å². The zero-order chi connectivity index (χ0) is 17.1. The van der Waals surface area contributed by atoms with E-state index in [4.69, 9.17) is 4.74 Å². The number of unbranched alkanes of at least 4 members (excludes halogenated alkanes) is 6. The second-order valence-electron chi connectivity index (χ2n) is 5.89. The summed E-state index contributed by atoms with van der Waals surface area (Å²) < 4.78 is 4.97. The molecule has 0 bridgehead atoms. The van der Waals surface area contributed by atoms with Crippen LogP contribution in [0.5, 0.6) is 11.5 Å². The normalized spacial score (nSPS) is 10.5. The van der Waals surface area contributed by atoms with E-state index in [0.29, 0.717) is 12.2 Å². The Morgan fingerprint density at radius 1 is 1.04 bits per heavy atom. The van der Waals surface area contributed by atoms with Crippen LogP contribution in [0.2, 0.25) is 0 Å². The first-order chi connectivity index (χ1) is 11.1. The molecule has 0 spiro atoms. The van der Waals surface area contributed by atoms with Gasteiger partial charge in [0.15, 0.2) is 5.78 Å². The molecule has 0 saturated heterocycles. The van der Waals surface area contributed by atoms with Crippen LogP contribution in [0.1, 0.15) is 75.1 Å². The van der Waals surface area contributed by atoms with Gasteiger partial charge in [-0.25, -0.2) is 0 Å². The molecule has 1 aromatic carbocycles. The molecule has 4 nitrogen and oxygen atoms in total. The van der Waals surface area contributed by atoms with E-state index in [1.54, 1.807) is 6.07 Å². The topological polar surface area (TPSA) is 63.6 Å². The Balaban J connectivity index is 2.30. The fourth-order valence-corrected chi connectivity index (χ4v) is 2.52. The van der Waals surface area contributed by atoms with Crippen molar-refractivity contribution in [3.05, 3.63) is 23.8 Å². The lowest BCUT2D eigenvalue weighted by Crippen LogP contribution is -2.08. The Hall–Kier alpha value is -1.84. The highest BCUT2D eigenvalue weighted by Crippen LogP contribution is 2.24. The van der Waals surface area contributed by atoms with Crippen LogP contribution < -0.4 is 4.74 Å². The van der Waals surface area contributed by atoms with Crippen LogP contribution in [0.25, 0.3) is 0 Å². The number of phenolic OH excluding ortho intramolecular Hbond substituents is 1. The van der Waals surface area contributed by atoms with E-state index in [-0.39, 0.29) is 29.3 Å². The van der Waals surface area contributed by atoms with Gasteiger partial charge < -0.3 is 9.84 Å². The molecule has 23 heavy (non-hydrogen) atoms. The molecular weight excluding hydrogens is 292 g/mol. The standard InChI is InChI=1S/C19H28O4/c1-3-4-5-6-7-8-9-10-15(20)13-18(21)17-12-11-16(23-2)14-19(17)22/h11-12,14,22H,3-10,13H2,1-2H3. The van der Waals surface area contributed by atoms with Gasteiger partial charge >= 0.3 is 0 Å². The molecule has 0 amide bonds. The van der Waals surface area contributed by atoms with Gasteiger partial charge in [0.05, 0.1) is 19.1 Å². The molecule has 1 aromatic rings. The molecule has 1 rings (SSSR count). The molecule has 0 aromatic heterocycles. The number of ether oxygens (including phenoxy) is 1. The van der Waals surface area contributed by atoms with Gasteiger partial charge in [-0.2, -0.15) is 0 Å². The fourth-order valence-electron chi connectivity index (χ4n) is 2.52. The number of Topliss-reactive ketones (excluding diaryl/α,β-unsaturated/α-hetero) is 2. The lowest BCUT2D eigenvalue weighted by Gasteiger charge is -2.06. The van der Waals surface area contributed by atoms with Gasteiger partial charge in [0.2, 0.25) is 0 Å². The summed E-state index contributed by atoms with van der Waals surface area (Å²) in [5.41, 5.74) is 0.179. The summed E-state index contributed by atoms with van der Waals surface area (Å²) in [5.74, 6) is -0.0524. The molecule has 0 unspecified atom stereocenters. The lowest BCUT2D eigenvalue weighted by molar-refractivity contribution is -0.118. The third-order valence-electron chi connectivity index (χ3n) is 3.92. The van der Waals surface area contributed by atoms with Crippen molar-refractivity contribution in [1.82, 2.24) is 0 Å². The van der Waals surface area contributed by atoms with Crippen molar-refractivity contribution in [3.63, 3.8) is 0 Å². The minimum atomic E-state index is -0.335. The van der Waals surface area contributed by atoms with Gasteiger partial charge in [-0.05, 0) is 18.6 Å². The number of rotatable bonds is 12. The van der Waals surface area contributed by atoms with Crippen LogP contribution in [-0.4, -0.2) is 23.8 Å². The van der Waals surface area contributed by atoms with Crippen LogP contribution in [-0.2, 0) is 4.79 Å². The van der Waals surface area contributed by atoms with Crippen molar-refractivity contribution < 1.29 is 19.4 Å². The zero-order valence-corrected chi connectivity index (χ0v) is 14.3. The van der Waals surface area contributed by atoms with Gasteiger partial charge in [-0.15, -0.1) is 0 Å². The second-order valence-corrected chi connectivity index (χ2v) is 5.89. The Bertz CT molecular complexity index is 508. The summed E-state index contributed by atoms with van der Waals surface area (Å²) in [5, 5.41) is 9.81. The summed E-state index contributed by atoms with van der Waals surface area (Å²) in [7, 11) is 1.49. The second kappa shape index (κ2) is 10.8. The summed E-state index contributed by atoms with van der Waals surface area (Å²) in [6.07, 6.45) is 8.33. The largest absolute Gasteiger partial charge is 0.507 e. The van der Waals surface area contributed by atoms with E-state index < -0.39 is 0 Å². The van der Waals surface area contributed by atoms with Gasteiger partial charge in [-0.3, -0.25) is 9.59 Å². The number of carbonyl (C=O) groups is 2. The predicted molar refractivity (Wildman–Crippen MR) is 91.2 cm³/mol. The Morgan fingerprint density at radius 3 is 2.30 bits per heavy atom. The van der Waals surface area contributed by atoms with Gasteiger partial charge in [-0.1, -0.05) is 45.4 Å². The highest BCUT2D eigenvalue weighted by atomic mass is 16.5. The highest BCUT2D eigenvalue weighted by molar-refractivity contribution is 6.09. The van der Waals surface area contributed by atoms with Crippen molar-refractivity contribution in [2.45, 2.75) is 64.7 Å². The average molecular weight is 320 g/mol. The Kier molecular flexibility index (Phi) is 9.03. The Morgan fingerprint density at radius 2 is 1.70 bits per heavy atom. The van der Waals surface area contributed by atoms with E-state index >= 15 is 0 Å². The zero-order valence-electron chi connectivity index (χ0n) is 14.3. The first-order valence-electron chi connectivity index (χ1n) is 8.50. The SMILES string of the molecule is CCCCCCCCCC(=O)CC(=O)c1ccc(OC)cc1O. The monoisotopic (exact) mass is 320 g/mol. The minimum Gasteiger partial charge on any atom is -0.507 e. The maximum Gasteiger partial charge on any atom is 0.173 e. The third-order valence-corrected chi connectivity index (χ3v) is 3.92. The molecule has 1 N–H and O–H groups in total. The van der Waals surface area contributed by atoms with Gasteiger partial charge in [0.1, 0.15) is 17.3 Å². The van der Waals surface area contributed by atoms with E-state index in [2.05, 4.69) is 6.92 Å². The number of aromatic hydroxyl groups is 1. The van der Waals surface area contributed by atoms with E-state index in [9.17, 15) is 14.7 Å². The minimum absolute atomic E-state index is 0.0567. The molecular formula is C19H28O4. The molecule has 0 atom stereocenters. The van der Waals surface area contributed by atoms with Crippen LogP contribution in [0.4, 0.5) is 0 Å². The lowest BCUT2D eigenvalue weighted by atomic mass is 10.0. The Labute approximate surface area is 138 Å². The third kappa shape index (κ3) is 7.31. The molecule has 128 valence electrons. The quantitative estimate of drug-likeness (QED) is 0.345. The molecule has 0 heterocycles. The average Bonchev–Trinajstić information content (AvgIpc) is 2.53. The number of hydrogen-bond donors (Lipinski definition) is 1. The molecule has 0 aliphatic carbocycles. The van der Waals surface area contributed by atoms with Crippen molar-refractivity contribution >= 4 is 11.6 Å². The predicted octanol–water partition coefficient (Wildman–Crippen LogP) is 4.68. The van der Waals surface area contributed by atoms with Crippen molar-refractivity contribution in [3.8, 4) is 11.5 Å². The number of benzene rings is 1. The van der Waals surface area contributed by atoms with Gasteiger partial charge in [0, 0.05) is 12.5 Å². The van der Waals surface area contributed by atoms with Crippen LogP contribution in [0.15, 0.2) is 18.2 Å². The van der Waals surface area contributed by atoms with E-state index in [0.717, 1.165) is 19.3 Å². The molecule has 0 saturated carbocycles. The fraction of sp³-hybridized carbons (Fsp3) is 0.579. The van der Waals surface area contributed by atoms with Crippen LogP contribution in [0, 0.1) is 0 Å². The van der Waals surface area contributed by atoms with Gasteiger partial charge in [0.25, 0.3) is 0 Å². The molecule has 4 heteroatoms. The summed E-state index contributed by atoms with van der Waals surface area (Å²) in [6, 6.07) is 4.49. The summed E-state index contributed by atoms with van der Waals surface area (Å²) in [6.45, 7) is 2.19. The molecule has 0 radical (unpaired) electrons. The molecule has 0 aliphatic rings. The highest BCUT2D eigenvalue weighted by Gasteiger charge is 2.15. The summed E-state index contributed by atoms with van der Waals surface area (Å²) >= 11 is 0. The van der Waals surface area contributed by atoms with Crippen molar-refractivity contribution in [2.24, 2.45) is 0 Å². The number of ketones is 2. The van der Waals surface area contributed by atoms with Crippen LogP contribution in [0.3, 0.4) is 0 Å². The van der Waals surface area contributed by atoms with Crippen molar-refractivity contribution in [2.75, 3.05) is 7.11 Å². The van der Waals surface area contributed by atoms with E-state index in [1.165, 1.54) is 44.9 Å². The number of phenols is 1.